The maximum absolute atomic E-state index is 13.6. The summed E-state index contributed by atoms with van der Waals surface area (Å²) < 4.78 is 13.6. The second-order valence-electron chi connectivity index (χ2n) is 5.22. The number of halogens is 2. The van der Waals surface area contributed by atoms with Crippen molar-refractivity contribution in [3.63, 3.8) is 0 Å². The number of amides is 1. The SMILES string of the molecule is Cc1c(CC(=O)NC2CCCCC2)ccc(Cl)c1F. The Balaban J connectivity index is 1.97. The summed E-state index contributed by atoms with van der Waals surface area (Å²) in [6, 6.07) is 3.52. The fourth-order valence-electron chi connectivity index (χ4n) is 2.58. The van der Waals surface area contributed by atoms with E-state index in [0.29, 0.717) is 17.2 Å². The van der Waals surface area contributed by atoms with Crippen molar-refractivity contribution in [3.8, 4) is 0 Å². The zero-order chi connectivity index (χ0) is 13.8. The van der Waals surface area contributed by atoms with Crippen molar-refractivity contribution in [2.24, 2.45) is 0 Å². The monoisotopic (exact) mass is 283 g/mol. The number of nitrogens with one attached hydrogen (secondary N) is 1. The number of hydrogen-bond acceptors (Lipinski definition) is 1. The van der Waals surface area contributed by atoms with Gasteiger partial charge in [0.1, 0.15) is 5.82 Å². The molecule has 2 nitrogen and oxygen atoms in total. The maximum atomic E-state index is 13.6. The van der Waals surface area contributed by atoms with Crippen molar-refractivity contribution in [2.75, 3.05) is 0 Å². The Kier molecular flexibility index (Phi) is 4.81. The van der Waals surface area contributed by atoms with E-state index in [-0.39, 0.29) is 17.4 Å². The first kappa shape index (κ1) is 14.3. The molecular formula is C15H19ClFNO. The molecule has 1 aromatic rings. The molecule has 19 heavy (non-hydrogen) atoms. The van der Waals surface area contributed by atoms with E-state index in [1.54, 1.807) is 13.0 Å². The highest BCUT2D eigenvalue weighted by atomic mass is 35.5. The summed E-state index contributed by atoms with van der Waals surface area (Å²) in [7, 11) is 0. The number of hydrogen-bond donors (Lipinski definition) is 1. The molecule has 0 saturated heterocycles. The lowest BCUT2D eigenvalue weighted by molar-refractivity contribution is -0.121. The largest absolute Gasteiger partial charge is 0.353 e. The van der Waals surface area contributed by atoms with Gasteiger partial charge in [-0.1, -0.05) is 36.9 Å². The fraction of sp³-hybridized carbons (Fsp3) is 0.533. The third-order valence-electron chi connectivity index (χ3n) is 3.77. The molecule has 0 aromatic heterocycles. The lowest BCUT2D eigenvalue weighted by Crippen LogP contribution is -2.37. The summed E-state index contributed by atoms with van der Waals surface area (Å²) in [6.45, 7) is 1.66. The van der Waals surface area contributed by atoms with E-state index < -0.39 is 5.82 Å². The molecule has 1 amide bonds. The Morgan fingerprint density at radius 2 is 2.05 bits per heavy atom. The highest BCUT2D eigenvalue weighted by molar-refractivity contribution is 6.30. The molecule has 104 valence electrons. The van der Waals surface area contributed by atoms with Crippen molar-refractivity contribution in [3.05, 3.63) is 34.1 Å². The molecule has 4 heteroatoms. The highest BCUT2D eigenvalue weighted by Gasteiger charge is 2.17. The molecule has 1 fully saturated rings. The smallest absolute Gasteiger partial charge is 0.224 e. The Morgan fingerprint density at radius 3 is 2.74 bits per heavy atom. The number of rotatable bonds is 3. The summed E-state index contributed by atoms with van der Waals surface area (Å²) >= 11 is 5.70. The first-order valence-electron chi connectivity index (χ1n) is 6.81. The zero-order valence-electron chi connectivity index (χ0n) is 11.1. The molecular weight excluding hydrogens is 265 g/mol. The average molecular weight is 284 g/mol. The predicted octanol–water partition coefficient (Wildman–Crippen LogP) is 3.78. The van der Waals surface area contributed by atoms with Crippen LogP contribution < -0.4 is 5.32 Å². The third kappa shape index (κ3) is 3.69. The van der Waals surface area contributed by atoms with Crippen LogP contribution in [-0.4, -0.2) is 11.9 Å². The Morgan fingerprint density at radius 1 is 1.37 bits per heavy atom. The van der Waals surface area contributed by atoms with Crippen molar-refractivity contribution in [1.29, 1.82) is 0 Å². The van der Waals surface area contributed by atoms with Crippen LogP contribution in [0.4, 0.5) is 4.39 Å². The van der Waals surface area contributed by atoms with Gasteiger partial charge in [0, 0.05) is 6.04 Å². The molecule has 1 N–H and O–H groups in total. The van der Waals surface area contributed by atoms with Crippen LogP contribution in [0.25, 0.3) is 0 Å². The molecule has 2 rings (SSSR count). The minimum atomic E-state index is -0.426. The molecule has 0 radical (unpaired) electrons. The second-order valence-corrected chi connectivity index (χ2v) is 5.63. The van der Waals surface area contributed by atoms with Crippen molar-refractivity contribution < 1.29 is 9.18 Å². The normalized spacial score (nSPS) is 16.4. The summed E-state index contributed by atoms with van der Waals surface area (Å²) in [5.74, 6) is -0.457. The number of carbonyl (C=O) groups is 1. The van der Waals surface area contributed by atoms with Gasteiger partial charge in [-0.05, 0) is 37.0 Å². The lowest BCUT2D eigenvalue weighted by atomic mass is 9.95. The van der Waals surface area contributed by atoms with Gasteiger partial charge in [-0.3, -0.25) is 4.79 Å². The van der Waals surface area contributed by atoms with Gasteiger partial charge in [0.05, 0.1) is 11.4 Å². The van der Waals surface area contributed by atoms with E-state index in [0.717, 1.165) is 12.8 Å². The molecule has 0 atom stereocenters. The standard InChI is InChI=1S/C15H19ClFNO/c1-10-11(7-8-13(16)15(10)17)9-14(19)18-12-5-3-2-4-6-12/h7-8,12H,2-6,9H2,1H3,(H,18,19). The van der Waals surface area contributed by atoms with Gasteiger partial charge < -0.3 is 5.32 Å². The Bertz CT molecular complexity index is 469. The van der Waals surface area contributed by atoms with Gasteiger partial charge in [-0.15, -0.1) is 0 Å². The molecule has 1 aliphatic rings. The average Bonchev–Trinajstić information content (AvgIpc) is 2.41. The summed E-state index contributed by atoms with van der Waals surface area (Å²) in [5.41, 5.74) is 1.17. The first-order valence-corrected chi connectivity index (χ1v) is 7.18. The van der Waals surface area contributed by atoms with Gasteiger partial charge in [0.2, 0.25) is 5.91 Å². The van der Waals surface area contributed by atoms with Gasteiger partial charge >= 0.3 is 0 Å². The van der Waals surface area contributed by atoms with E-state index >= 15 is 0 Å². The number of carbonyl (C=O) groups excluding carboxylic acids is 1. The van der Waals surface area contributed by atoms with Crippen molar-refractivity contribution in [1.82, 2.24) is 5.32 Å². The van der Waals surface area contributed by atoms with Gasteiger partial charge in [0.25, 0.3) is 0 Å². The van der Waals surface area contributed by atoms with E-state index in [1.165, 1.54) is 25.3 Å². The van der Waals surface area contributed by atoms with Gasteiger partial charge in [-0.2, -0.15) is 0 Å². The highest BCUT2D eigenvalue weighted by Crippen LogP contribution is 2.22. The summed E-state index contributed by atoms with van der Waals surface area (Å²) in [4.78, 5) is 12.0. The van der Waals surface area contributed by atoms with Crippen LogP contribution >= 0.6 is 11.6 Å². The van der Waals surface area contributed by atoms with Crippen LogP contribution in [-0.2, 0) is 11.2 Å². The number of benzene rings is 1. The molecule has 0 heterocycles. The van der Waals surface area contributed by atoms with Crippen LogP contribution in [0.15, 0.2) is 12.1 Å². The minimum absolute atomic E-state index is 0.0308. The van der Waals surface area contributed by atoms with E-state index in [2.05, 4.69) is 5.32 Å². The van der Waals surface area contributed by atoms with Crippen LogP contribution in [0.5, 0.6) is 0 Å². The molecule has 0 bridgehead atoms. The van der Waals surface area contributed by atoms with E-state index in [1.807, 2.05) is 0 Å². The van der Waals surface area contributed by atoms with Crippen molar-refractivity contribution >= 4 is 17.5 Å². The first-order chi connectivity index (χ1) is 9.08. The predicted molar refractivity (Wildman–Crippen MR) is 74.9 cm³/mol. The minimum Gasteiger partial charge on any atom is -0.353 e. The third-order valence-corrected chi connectivity index (χ3v) is 4.06. The van der Waals surface area contributed by atoms with Crippen LogP contribution in [0.3, 0.4) is 0 Å². The van der Waals surface area contributed by atoms with Crippen molar-refractivity contribution in [2.45, 2.75) is 51.5 Å². The van der Waals surface area contributed by atoms with Gasteiger partial charge in [-0.25, -0.2) is 4.39 Å². The van der Waals surface area contributed by atoms with E-state index in [4.69, 9.17) is 11.6 Å². The topological polar surface area (TPSA) is 29.1 Å². The molecule has 0 spiro atoms. The Labute approximate surface area is 118 Å². The summed E-state index contributed by atoms with van der Waals surface area (Å²) in [6.07, 6.45) is 5.95. The van der Waals surface area contributed by atoms with E-state index in [9.17, 15) is 9.18 Å². The lowest BCUT2D eigenvalue weighted by Gasteiger charge is -2.23. The molecule has 1 aromatic carbocycles. The molecule has 1 saturated carbocycles. The van der Waals surface area contributed by atoms with Crippen LogP contribution in [0, 0.1) is 12.7 Å². The fourth-order valence-corrected chi connectivity index (χ4v) is 2.79. The second kappa shape index (κ2) is 6.38. The van der Waals surface area contributed by atoms with Gasteiger partial charge in [0.15, 0.2) is 0 Å². The van der Waals surface area contributed by atoms with Crippen LogP contribution in [0.2, 0.25) is 5.02 Å². The quantitative estimate of drug-likeness (QED) is 0.899. The Hall–Kier alpha value is -1.09. The summed E-state index contributed by atoms with van der Waals surface area (Å²) in [5, 5.41) is 3.14. The zero-order valence-corrected chi connectivity index (χ0v) is 11.9. The van der Waals surface area contributed by atoms with Crippen LogP contribution in [0.1, 0.15) is 43.2 Å². The molecule has 0 aliphatic heterocycles. The maximum Gasteiger partial charge on any atom is 0.224 e. The molecule has 0 unspecified atom stereocenters. The molecule has 1 aliphatic carbocycles.